The Labute approximate surface area is 79.5 Å². The van der Waals surface area contributed by atoms with Gasteiger partial charge in [0.1, 0.15) is 6.04 Å². The van der Waals surface area contributed by atoms with Gasteiger partial charge in [-0.05, 0) is 12.8 Å². The van der Waals surface area contributed by atoms with Crippen LogP contribution >= 0.6 is 12.4 Å². The number of halogens is 4. The number of carboxylic acids is 1. The molecule has 0 rings (SSSR count). The van der Waals surface area contributed by atoms with Crippen molar-refractivity contribution < 1.29 is 23.1 Å². The molecular formula is C6H11ClF3NO2. The fourth-order valence-electron chi connectivity index (χ4n) is 0.646. The fraction of sp³-hybridized carbons (Fsp3) is 0.833. The van der Waals surface area contributed by atoms with Gasteiger partial charge in [-0.3, -0.25) is 4.79 Å². The van der Waals surface area contributed by atoms with Crippen LogP contribution in [0.15, 0.2) is 0 Å². The molecule has 0 spiro atoms. The van der Waals surface area contributed by atoms with Crippen LogP contribution in [0.3, 0.4) is 0 Å². The van der Waals surface area contributed by atoms with E-state index in [1.807, 2.05) is 0 Å². The van der Waals surface area contributed by atoms with E-state index in [0.717, 1.165) is 0 Å². The molecule has 0 fully saturated rings. The Balaban J connectivity index is 0. The van der Waals surface area contributed by atoms with E-state index in [1.54, 1.807) is 0 Å². The van der Waals surface area contributed by atoms with Crippen LogP contribution in [0.1, 0.15) is 19.3 Å². The monoisotopic (exact) mass is 221 g/mol. The molecule has 0 aliphatic carbocycles. The van der Waals surface area contributed by atoms with Gasteiger partial charge in [0, 0.05) is 6.42 Å². The number of alkyl halides is 3. The number of aliphatic carboxylic acids is 1. The van der Waals surface area contributed by atoms with Crippen LogP contribution in [0.25, 0.3) is 0 Å². The lowest BCUT2D eigenvalue weighted by molar-refractivity contribution is -0.142. The first kappa shape index (κ1) is 15.0. The van der Waals surface area contributed by atoms with Crippen LogP contribution in [0.2, 0.25) is 0 Å². The summed E-state index contributed by atoms with van der Waals surface area (Å²) in [5.74, 6) is -1.27. The first-order valence-corrected chi connectivity index (χ1v) is 3.38. The molecule has 0 aromatic carbocycles. The molecule has 0 bridgehead atoms. The van der Waals surface area contributed by atoms with Crippen molar-refractivity contribution in [3.05, 3.63) is 0 Å². The van der Waals surface area contributed by atoms with Gasteiger partial charge in [-0.2, -0.15) is 13.2 Å². The molecule has 0 saturated heterocycles. The zero-order valence-corrected chi connectivity index (χ0v) is 7.49. The van der Waals surface area contributed by atoms with E-state index in [1.165, 1.54) is 0 Å². The van der Waals surface area contributed by atoms with Gasteiger partial charge >= 0.3 is 12.1 Å². The van der Waals surface area contributed by atoms with Gasteiger partial charge in [0.2, 0.25) is 0 Å². The number of carbonyl (C=O) groups is 1. The molecule has 0 heterocycles. The summed E-state index contributed by atoms with van der Waals surface area (Å²) in [6.07, 6.45) is -5.59. The molecule has 0 saturated carbocycles. The Kier molecular flexibility index (Phi) is 6.97. The van der Waals surface area contributed by atoms with Gasteiger partial charge in [0.05, 0.1) is 0 Å². The van der Waals surface area contributed by atoms with Crippen molar-refractivity contribution in [2.75, 3.05) is 0 Å². The van der Waals surface area contributed by atoms with Crippen LogP contribution in [0.4, 0.5) is 13.2 Å². The lowest BCUT2D eigenvalue weighted by Gasteiger charge is -2.07. The minimum atomic E-state index is -4.22. The SMILES string of the molecule is Cl.N[C@H](CCCC(F)(F)F)C(=O)O. The zero-order chi connectivity index (χ0) is 9.78. The second kappa shape index (κ2) is 6.04. The van der Waals surface area contributed by atoms with Crippen molar-refractivity contribution in [1.29, 1.82) is 0 Å². The quantitative estimate of drug-likeness (QED) is 0.757. The number of hydrogen-bond acceptors (Lipinski definition) is 2. The third kappa shape index (κ3) is 9.42. The summed E-state index contributed by atoms with van der Waals surface area (Å²) in [6, 6.07) is -1.19. The third-order valence-corrected chi connectivity index (χ3v) is 1.29. The van der Waals surface area contributed by atoms with Crippen LogP contribution in [0, 0.1) is 0 Å². The third-order valence-electron chi connectivity index (χ3n) is 1.29. The topological polar surface area (TPSA) is 63.3 Å². The summed E-state index contributed by atoms with van der Waals surface area (Å²) < 4.78 is 34.6. The standard InChI is InChI=1S/C6H10F3NO2.ClH/c7-6(8,9)3-1-2-4(10)5(11)12;/h4H,1-3,10H2,(H,11,12);1H/t4-;/m1./s1. The van der Waals surface area contributed by atoms with E-state index in [9.17, 15) is 18.0 Å². The molecule has 3 nitrogen and oxygen atoms in total. The fourth-order valence-corrected chi connectivity index (χ4v) is 0.646. The molecule has 80 valence electrons. The second-order valence-corrected chi connectivity index (χ2v) is 2.45. The normalized spacial score (nSPS) is 13.2. The lowest BCUT2D eigenvalue weighted by atomic mass is 10.1. The Bertz CT molecular complexity index is 162. The second-order valence-electron chi connectivity index (χ2n) is 2.45. The molecule has 0 aliphatic rings. The predicted octanol–water partition coefficient (Wildman–Crippen LogP) is 1.55. The maximum Gasteiger partial charge on any atom is 0.389 e. The zero-order valence-electron chi connectivity index (χ0n) is 6.67. The van der Waals surface area contributed by atoms with E-state index in [2.05, 4.69) is 0 Å². The van der Waals surface area contributed by atoms with Gasteiger partial charge in [0.15, 0.2) is 0 Å². The highest BCUT2D eigenvalue weighted by Gasteiger charge is 2.26. The van der Waals surface area contributed by atoms with Crippen molar-refractivity contribution >= 4 is 18.4 Å². The first-order valence-electron chi connectivity index (χ1n) is 3.38. The summed E-state index contributed by atoms with van der Waals surface area (Å²) in [5.41, 5.74) is 4.98. The Morgan fingerprint density at radius 1 is 1.46 bits per heavy atom. The van der Waals surface area contributed by atoms with Gasteiger partial charge in [-0.25, -0.2) is 0 Å². The van der Waals surface area contributed by atoms with Gasteiger partial charge < -0.3 is 10.8 Å². The molecule has 0 unspecified atom stereocenters. The van der Waals surface area contributed by atoms with Gasteiger partial charge in [-0.1, -0.05) is 0 Å². The van der Waals surface area contributed by atoms with E-state index in [4.69, 9.17) is 10.8 Å². The average Bonchev–Trinajstić information content (AvgIpc) is 1.84. The summed E-state index contributed by atoms with van der Waals surface area (Å²) in [5, 5.41) is 8.21. The first-order chi connectivity index (χ1) is 5.33. The van der Waals surface area contributed by atoms with Gasteiger partial charge in [-0.15, -0.1) is 12.4 Å². The molecule has 0 aliphatic heterocycles. The number of carboxylic acid groups (broad SMARTS) is 1. The smallest absolute Gasteiger partial charge is 0.389 e. The Hall–Kier alpha value is -0.490. The van der Waals surface area contributed by atoms with Crippen molar-refractivity contribution in [3.8, 4) is 0 Å². The number of rotatable bonds is 4. The molecule has 0 aromatic rings. The maximum absolute atomic E-state index is 11.5. The van der Waals surface area contributed by atoms with Crippen LogP contribution < -0.4 is 5.73 Å². The summed E-state index contributed by atoms with van der Waals surface area (Å²) in [7, 11) is 0. The average molecular weight is 222 g/mol. The van der Waals surface area contributed by atoms with Crippen LogP contribution in [0.5, 0.6) is 0 Å². The summed E-state index contributed by atoms with van der Waals surface area (Å²) in [6.45, 7) is 0. The minimum absolute atomic E-state index is 0. The van der Waals surface area contributed by atoms with E-state index in [-0.39, 0.29) is 25.2 Å². The van der Waals surface area contributed by atoms with E-state index < -0.39 is 24.6 Å². The predicted molar refractivity (Wildman–Crippen MR) is 42.8 cm³/mol. The largest absolute Gasteiger partial charge is 0.480 e. The maximum atomic E-state index is 11.5. The number of hydrogen-bond donors (Lipinski definition) is 2. The van der Waals surface area contributed by atoms with Crippen LogP contribution in [-0.2, 0) is 4.79 Å². The van der Waals surface area contributed by atoms with Crippen molar-refractivity contribution in [2.45, 2.75) is 31.5 Å². The van der Waals surface area contributed by atoms with E-state index >= 15 is 0 Å². The lowest BCUT2D eigenvalue weighted by Crippen LogP contribution is -2.30. The highest BCUT2D eigenvalue weighted by atomic mass is 35.5. The molecule has 7 heteroatoms. The Morgan fingerprint density at radius 3 is 2.23 bits per heavy atom. The summed E-state index contributed by atoms with van der Waals surface area (Å²) in [4.78, 5) is 10.0. The number of nitrogens with two attached hydrogens (primary N) is 1. The molecule has 13 heavy (non-hydrogen) atoms. The van der Waals surface area contributed by atoms with E-state index in [0.29, 0.717) is 0 Å². The molecular weight excluding hydrogens is 211 g/mol. The van der Waals surface area contributed by atoms with Crippen molar-refractivity contribution in [3.63, 3.8) is 0 Å². The molecule has 0 amide bonds. The highest BCUT2D eigenvalue weighted by molar-refractivity contribution is 5.85. The highest BCUT2D eigenvalue weighted by Crippen LogP contribution is 2.22. The Morgan fingerprint density at radius 2 is 1.92 bits per heavy atom. The van der Waals surface area contributed by atoms with Crippen molar-refractivity contribution in [2.24, 2.45) is 5.73 Å². The minimum Gasteiger partial charge on any atom is -0.480 e. The van der Waals surface area contributed by atoms with Crippen LogP contribution in [-0.4, -0.2) is 23.3 Å². The molecule has 0 radical (unpaired) electrons. The van der Waals surface area contributed by atoms with Gasteiger partial charge in [0.25, 0.3) is 0 Å². The molecule has 0 aromatic heterocycles. The molecule has 3 N–H and O–H groups in total. The summed E-state index contributed by atoms with van der Waals surface area (Å²) >= 11 is 0. The van der Waals surface area contributed by atoms with Crippen molar-refractivity contribution in [1.82, 2.24) is 0 Å². The molecule has 1 atom stereocenters.